The minimum atomic E-state index is -0.298. The maximum absolute atomic E-state index is 12.1. The number of nitrogens with zero attached hydrogens (tertiary/aromatic N) is 2. The first-order valence-electron chi connectivity index (χ1n) is 8.85. The summed E-state index contributed by atoms with van der Waals surface area (Å²) in [5.41, 5.74) is 2.34. The summed E-state index contributed by atoms with van der Waals surface area (Å²) in [7, 11) is 1.61. The number of aryl methyl sites for hydroxylation is 1. The molecule has 7 nitrogen and oxygen atoms in total. The Hall–Kier alpha value is -3.61. The average molecular weight is 378 g/mol. The third-order valence-electron chi connectivity index (χ3n) is 3.92. The van der Waals surface area contributed by atoms with Crippen LogP contribution >= 0.6 is 0 Å². The number of carbonyl (C=O) groups excluding carboxylic acids is 1. The Morgan fingerprint density at radius 2 is 1.68 bits per heavy atom. The highest BCUT2D eigenvalue weighted by atomic mass is 16.5. The van der Waals surface area contributed by atoms with Gasteiger partial charge in [0.1, 0.15) is 29.6 Å². The van der Waals surface area contributed by atoms with Gasteiger partial charge in [-0.3, -0.25) is 4.79 Å². The fourth-order valence-electron chi connectivity index (χ4n) is 2.39. The van der Waals surface area contributed by atoms with E-state index in [9.17, 15) is 4.79 Å². The van der Waals surface area contributed by atoms with Gasteiger partial charge in [-0.15, -0.1) is 0 Å². The quantitative estimate of drug-likeness (QED) is 0.585. The van der Waals surface area contributed by atoms with Gasteiger partial charge in [0.05, 0.1) is 26.0 Å². The van der Waals surface area contributed by atoms with Crippen LogP contribution in [0.2, 0.25) is 0 Å². The van der Waals surface area contributed by atoms with Crippen molar-refractivity contribution in [3.05, 3.63) is 72.2 Å². The van der Waals surface area contributed by atoms with E-state index in [1.54, 1.807) is 7.11 Å². The van der Waals surface area contributed by atoms with E-state index in [2.05, 4.69) is 20.6 Å². The van der Waals surface area contributed by atoms with Crippen LogP contribution in [-0.2, 0) is 0 Å². The molecule has 0 bridgehead atoms. The zero-order chi connectivity index (χ0) is 19.8. The Balaban J connectivity index is 1.44. The number of methoxy groups -OCH3 is 1. The van der Waals surface area contributed by atoms with Gasteiger partial charge in [0.2, 0.25) is 0 Å². The second-order valence-corrected chi connectivity index (χ2v) is 6.06. The molecule has 0 aliphatic rings. The van der Waals surface area contributed by atoms with Crippen molar-refractivity contribution in [3.63, 3.8) is 0 Å². The molecule has 3 aromatic rings. The maximum Gasteiger partial charge on any atom is 0.271 e. The van der Waals surface area contributed by atoms with Crippen LogP contribution in [0.3, 0.4) is 0 Å². The first kappa shape index (κ1) is 19.2. The Morgan fingerprint density at radius 3 is 2.32 bits per heavy atom. The van der Waals surface area contributed by atoms with Crippen molar-refractivity contribution >= 4 is 17.4 Å². The normalized spacial score (nSPS) is 10.2. The molecule has 0 spiro atoms. The second-order valence-electron chi connectivity index (χ2n) is 6.06. The van der Waals surface area contributed by atoms with Crippen LogP contribution in [0.1, 0.15) is 16.1 Å². The van der Waals surface area contributed by atoms with Crippen molar-refractivity contribution in [3.8, 4) is 11.5 Å². The van der Waals surface area contributed by atoms with Crippen molar-refractivity contribution in [1.82, 2.24) is 15.3 Å². The number of anilines is 2. The second kappa shape index (κ2) is 9.36. The van der Waals surface area contributed by atoms with Gasteiger partial charge < -0.3 is 20.1 Å². The lowest BCUT2D eigenvalue weighted by Gasteiger charge is -2.09. The summed E-state index contributed by atoms with van der Waals surface area (Å²) in [4.78, 5) is 20.5. The highest BCUT2D eigenvalue weighted by molar-refractivity contribution is 5.92. The zero-order valence-corrected chi connectivity index (χ0v) is 15.8. The van der Waals surface area contributed by atoms with E-state index in [-0.39, 0.29) is 11.6 Å². The summed E-state index contributed by atoms with van der Waals surface area (Å²) in [6, 6.07) is 15.2. The molecule has 0 aliphatic heterocycles. The van der Waals surface area contributed by atoms with Crippen LogP contribution in [0.5, 0.6) is 11.5 Å². The van der Waals surface area contributed by atoms with E-state index in [0.717, 1.165) is 11.4 Å². The van der Waals surface area contributed by atoms with Crippen molar-refractivity contribution in [1.29, 1.82) is 0 Å². The lowest BCUT2D eigenvalue weighted by molar-refractivity contribution is 0.0941. The molecule has 0 unspecified atom stereocenters. The Kier molecular flexibility index (Phi) is 6.41. The standard InChI is InChI=1S/C21H22N4O3/c1-15-3-5-16(6-4-15)25-20-14-23-19(13-24-20)21(26)22-11-12-28-18-9-7-17(27-2)8-10-18/h3-10,13-14H,11-12H2,1-2H3,(H,22,26)(H,24,25). The van der Waals surface area contributed by atoms with E-state index in [0.29, 0.717) is 24.7 Å². The highest BCUT2D eigenvalue weighted by Gasteiger charge is 2.08. The van der Waals surface area contributed by atoms with Crippen LogP contribution in [0, 0.1) is 6.92 Å². The molecule has 2 aromatic carbocycles. The van der Waals surface area contributed by atoms with Crippen molar-refractivity contribution in [2.45, 2.75) is 6.92 Å². The van der Waals surface area contributed by atoms with Gasteiger partial charge in [-0.25, -0.2) is 9.97 Å². The molecule has 28 heavy (non-hydrogen) atoms. The van der Waals surface area contributed by atoms with E-state index in [1.165, 1.54) is 18.0 Å². The molecule has 1 aromatic heterocycles. The Labute approximate surface area is 163 Å². The number of hydrogen-bond donors (Lipinski definition) is 2. The number of amides is 1. The predicted molar refractivity (Wildman–Crippen MR) is 107 cm³/mol. The first-order valence-corrected chi connectivity index (χ1v) is 8.85. The van der Waals surface area contributed by atoms with Crippen LogP contribution < -0.4 is 20.1 Å². The van der Waals surface area contributed by atoms with Crippen molar-refractivity contribution < 1.29 is 14.3 Å². The maximum atomic E-state index is 12.1. The molecule has 3 rings (SSSR count). The number of ether oxygens (including phenoxy) is 2. The molecular weight excluding hydrogens is 356 g/mol. The molecule has 7 heteroatoms. The van der Waals surface area contributed by atoms with Gasteiger partial charge in [-0.05, 0) is 43.3 Å². The summed E-state index contributed by atoms with van der Waals surface area (Å²) < 4.78 is 10.7. The summed E-state index contributed by atoms with van der Waals surface area (Å²) >= 11 is 0. The molecule has 0 aliphatic carbocycles. The average Bonchev–Trinajstić information content (AvgIpc) is 2.73. The third-order valence-corrected chi connectivity index (χ3v) is 3.92. The molecule has 0 fully saturated rings. The first-order chi connectivity index (χ1) is 13.6. The van der Waals surface area contributed by atoms with Gasteiger partial charge in [-0.2, -0.15) is 0 Å². The minimum absolute atomic E-state index is 0.249. The van der Waals surface area contributed by atoms with Crippen LogP contribution in [-0.4, -0.2) is 36.1 Å². The minimum Gasteiger partial charge on any atom is -0.497 e. The molecule has 144 valence electrons. The van der Waals surface area contributed by atoms with Gasteiger partial charge >= 0.3 is 0 Å². The number of nitrogens with one attached hydrogen (secondary N) is 2. The fourth-order valence-corrected chi connectivity index (χ4v) is 2.39. The van der Waals surface area contributed by atoms with Gasteiger partial charge in [0.15, 0.2) is 0 Å². The van der Waals surface area contributed by atoms with Crippen LogP contribution in [0.15, 0.2) is 60.9 Å². The summed E-state index contributed by atoms with van der Waals surface area (Å²) in [5, 5.41) is 5.90. The summed E-state index contributed by atoms with van der Waals surface area (Å²) in [5.74, 6) is 1.75. The lowest BCUT2D eigenvalue weighted by Crippen LogP contribution is -2.28. The smallest absolute Gasteiger partial charge is 0.271 e. The van der Waals surface area contributed by atoms with E-state index < -0.39 is 0 Å². The molecule has 1 heterocycles. The Morgan fingerprint density at radius 1 is 0.964 bits per heavy atom. The highest BCUT2D eigenvalue weighted by Crippen LogP contribution is 2.17. The molecule has 2 N–H and O–H groups in total. The Bertz CT molecular complexity index is 894. The molecular formula is C21H22N4O3. The van der Waals surface area contributed by atoms with Gasteiger partial charge in [0.25, 0.3) is 5.91 Å². The predicted octanol–water partition coefficient (Wildman–Crippen LogP) is 3.35. The van der Waals surface area contributed by atoms with Gasteiger partial charge in [0, 0.05) is 5.69 Å². The number of aromatic nitrogens is 2. The van der Waals surface area contributed by atoms with E-state index in [4.69, 9.17) is 9.47 Å². The largest absolute Gasteiger partial charge is 0.497 e. The number of rotatable bonds is 8. The SMILES string of the molecule is COc1ccc(OCCNC(=O)c2cnc(Nc3ccc(C)cc3)cn2)cc1. The third kappa shape index (κ3) is 5.44. The van der Waals surface area contributed by atoms with E-state index in [1.807, 2.05) is 55.5 Å². The van der Waals surface area contributed by atoms with Crippen molar-refractivity contribution in [2.75, 3.05) is 25.6 Å². The molecule has 0 saturated carbocycles. The molecule has 0 radical (unpaired) electrons. The summed E-state index contributed by atoms with van der Waals surface area (Å²) in [6.07, 6.45) is 2.97. The van der Waals surface area contributed by atoms with E-state index >= 15 is 0 Å². The van der Waals surface area contributed by atoms with Crippen LogP contribution in [0.4, 0.5) is 11.5 Å². The summed E-state index contributed by atoms with van der Waals surface area (Å²) in [6.45, 7) is 2.73. The zero-order valence-electron chi connectivity index (χ0n) is 15.8. The molecule has 0 atom stereocenters. The monoisotopic (exact) mass is 378 g/mol. The lowest BCUT2D eigenvalue weighted by atomic mass is 10.2. The van der Waals surface area contributed by atoms with Gasteiger partial charge in [-0.1, -0.05) is 17.7 Å². The van der Waals surface area contributed by atoms with Crippen LogP contribution in [0.25, 0.3) is 0 Å². The molecule has 1 amide bonds. The topological polar surface area (TPSA) is 85.4 Å². The van der Waals surface area contributed by atoms with Crippen molar-refractivity contribution in [2.24, 2.45) is 0 Å². The number of hydrogen-bond acceptors (Lipinski definition) is 6. The molecule has 0 saturated heterocycles. The fraction of sp³-hybridized carbons (Fsp3) is 0.190. The number of benzene rings is 2. The number of carbonyl (C=O) groups is 1.